The summed E-state index contributed by atoms with van der Waals surface area (Å²) in [4.78, 5) is 21.6. The number of ether oxygens (including phenoxy) is 2. The van der Waals surface area contributed by atoms with Gasteiger partial charge >= 0.3 is 0 Å². The number of rotatable bonds is 8. The third kappa shape index (κ3) is 4.93. The Morgan fingerprint density at radius 3 is 2.26 bits per heavy atom. The number of hydrogen-bond acceptors (Lipinski definition) is 8. The molecule has 9 heteroatoms. The van der Waals surface area contributed by atoms with Crippen molar-refractivity contribution in [3.63, 3.8) is 0 Å². The van der Waals surface area contributed by atoms with Crippen LogP contribution in [0.5, 0.6) is 11.5 Å². The van der Waals surface area contributed by atoms with Crippen LogP contribution >= 0.6 is 0 Å². The molecule has 5 N–H and O–H groups in total. The van der Waals surface area contributed by atoms with Gasteiger partial charge in [0.1, 0.15) is 12.0 Å². The molecule has 1 aromatic heterocycles. The van der Waals surface area contributed by atoms with E-state index in [1.165, 1.54) is 6.33 Å². The van der Waals surface area contributed by atoms with Gasteiger partial charge in [0.25, 0.3) is 0 Å². The predicted molar refractivity (Wildman–Crippen MR) is 133 cm³/mol. The zero-order chi connectivity index (χ0) is 24.0. The molecule has 3 aromatic carbocycles. The molecule has 0 saturated heterocycles. The number of amides is 1. The number of anilines is 3. The highest BCUT2D eigenvalue weighted by atomic mass is 16.7. The zero-order valence-corrected chi connectivity index (χ0v) is 18.8. The minimum absolute atomic E-state index is 0.223. The molecule has 2 heterocycles. The molecule has 1 amide bonds. The summed E-state index contributed by atoms with van der Waals surface area (Å²) >= 11 is 0. The molecule has 5 rings (SSSR count). The first-order valence-corrected chi connectivity index (χ1v) is 11.1. The van der Waals surface area contributed by atoms with Crippen molar-refractivity contribution in [2.45, 2.75) is 12.5 Å². The maximum atomic E-state index is 13.2. The van der Waals surface area contributed by atoms with Crippen molar-refractivity contribution in [2.75, 3.05) is 23.3 Å². The number of hydrazine groups is 1. The monoisotopic (exact) mass is 468 g/mol. The highest BCUT2D eigenvalue weighted by Gasteiger charge is 2.23. The second-order valence-electron chi connectivity index (χ2n) is 7.89. The van der Waals surface area contributed by atoms with E-state index in [9.17, 15) is 4.79 Å². The van der Waals surface area contributed by atoms with E-state index >= 15 is 0 Å². The molecule has 0 spiro atoms. The smallest absolute Gasteiger partial charge is 0.250 e. The lowest BCUT2D eigenvalue weighted by molar-refractivity contribution is -0.121. The molecule has 176 valence electrons. The Bertz CT molecular complexity index is 1280. The van der Waals surface area contributed by atoms with Crippen molar-refractivity contribution in [3.8, 4) is 11.5 Å². The van der Waals surface area contributed by atoms with Gasteiger partial charge in [-0.05, 0) is 28.8 Å². The van der Waals surface area contributed by atoms with Gasteiger partial charge in [0, 0.05) is 6.54 Å². The largest absolute Gasteiger partial charge is 0.454 e. The number of nitrogens with one attached hydrogen (secondary N) is 3. The lowest BCUT2D eigenvalue weighted by Gasteiger charge is -2.19. The molecule has 0 aliphatic carbocycles. The number of nitrogens with zero attached hydrogens (tertiary/aromatic N) is 2. The van der Waals surface area contributed by atoms with Crippen molar-refractivity contribution < 1.29 is 14.3 Å². The van der Waals surface area contributed by atoms with Gasteiger partial charge in [-0.1, -0.05) is 66.7 Å². The van der Waals surface area contributed by atoms with E-state index in [0.29, 0.717) is 23.9 Å². The Kier molecular flexibility index (Phi) is 6.29. The van der Waals surface area contributed by atoms with Crippen LogP contribution in [0.25, 0.3) is 0 Å². The first-order valence-electron chi connectivity index (χ1n) is 11.1. The number of nitrogen functional groups attached to an aromatic ring is 1. The molecular weight excluding hydrogens is 444 g/mol. The van der Waals surface area contributed by atoms with Gasteiger partial charge in [-0.3, -0.25) is 15.6 Å². The number of hydrogen-bond donors (Lipinski definition) is 4. The van der Waals surface area contributed by atoms with E-state index in [0.717, 1.165) is 22.4 Å². The standard InChI is InChI=1S/C26H24N6O3/c27-23-24(28-14-17-11-12-20-21(13-17)35-16-34-20)29-15-30-25(23)31-32-26(33)22(18-7-3-1-4-8-18)19-9-5-2-6-10-19/h1-13,15,22H,14,16,27H2,(H,32,33)(H2,28,29,30,31). The Balaban J connectivity index is 1.27. The topological polar surface area (TPSA) is 123 Å². The summed E-state index contributed by atoms with van der Waals surface area (Å²) in [6.07, 6.45) is 1.37. The van der Waals surface area contributed by atoms with Crippen LogP contribution in [0.15, 0.2) is 85.2 Å². The third-order valence-electron chi connectivity index (χ3n) is 5.61. The molecule has 9 nitrogen and oxygen atoms in total. The fourth-order valence-electron chi connectivity index (χ4n) is 3.85. The highest BCUT2D eigenvalue weighted by molar-refractivity contribution is 5.88. The summed E-state index contributed by atoms with van der Waals surface area (Å²) in [5.74, 6) is 1.42. The molecule has 35 heavy (non-hydrogen) atoms. The van der Waals surface area contributed by atoms with Crippen LogP contribution < -0.4 is 31.4 Å². The van der Waals surface area contributed by atoms with Gasteiger partial charge < -0.3 is 20.5 Å². The fraction of sp³-hybridized carbons (Fsp3) is 0.115. The van der Waals surface area contributed by atoms with E-state index < -0.39 is 5.92 Å². The van der Waals surface area contributed by atoms with Crippen molar-refractivity contribution in [3.05, 3.63) is 102 Å². The van der Waals surface area contributed by atoms with Gasteiger partial charge in [0.15, 0.2) is 23.1 Å². The minimum Gasteiger partial charge on any atom is -0.454 e. The molecule has 0 bridgehead atoms. The van der Waals surface area contributed by atoms with Gasteiger partial charge in [-0.2, -0.15) is 0 Å². The maximum Gasteiger partial charge on any atom is 0.250 e. The second kappa shape index (κ2) is 10.0. The van der Waals surface area contributed by atoms with Crippen LogP contribution in [0.3, 0.4) is 0 Å². The molecule has 0 atom stereocenters. The predicted octanol–water partition coefficient (Wildman–Crippen LogP) is 3.67. The molecule has 4 aromatic rings. The average Bonchev–Trinajstić information content (AvgIpc) is 3.37. The molecular formula is C26H24N6O3. The number of fused-ring (bicyclic) bond motifs is 1. The van der Waals surface area contributed by atoms with Crippen molar-refractivity contribution in [1.82, 2.24) is 15.4 Å². The Morgan fingerprint density at radius 2 is 1.54 bits per heavy atom. The van der Waals surface area contributed by atoms with Crippen molar-refractivity contribution in [1.29, 1.82) is 0 Å². The van der Waals surface area contributed by atoms with Crippen molar-refractivity contribution >= 4 is 23.2 Å². The number of nitrogens with two attached hydrogens (primary N) is 1. The summed E-state index contributed by atoms with van der Waals surface area (Å²) < 4.78 is 10.8. The summed E-state index contributed by atoms with van der Waals surface area (Å²) in [5, 5.41) is 3.20. The van der Waals surface area contributed by atoms with Crippen LogP contribution in [0.1, 0.15) is 22.6 Å². The van der Waals surface area contributed by atoms with Crippen LogP contribution in [-0.4, -0.2) is 22.7 Å². The molecule has 0 radical (unpaired) electrons. The first kappa shape index (κ1) is 22.0. The number of aromatic nitrogens is 2. The normalized spacial score (nSPS) is 11.8. The van der Waals surface area contributed by atoms with Crippen molar-refractivity contribution in [2.24, 2.45) is 0 Å². The highest BCUT2D eigenvalue weighted by Crippen LogP contribution is 2.33. The molecule has 1 aliphatic rings. The summed E-state index contributed by atoms with van der Waals surface area (Å²) in [5.41, 5.74) is 14.9. The van der Waals surface area contributed by atoms with E-state index in [1.54, 1.807) is 0 Å². The summed E-state index contributed by atoms with van der Waals surface area (Å²) in [6, 6.07) is 24.9. The SMILES string of the molecule is Nc1c(NCc2ccc3c(c2)OCO3)ncnc1NNC(=O)C(c1ccccc1)c1ccccc1. The van der Waals surface area contributed by atoms with E-state index in [-0.39, 0.29) is 18.4 Å². The van der Waals surface area contributed by atoms with E-state index in [4.69, 9.17) is 15.2 Å². The first-order chi connectivity index (χ1) is 17.2. The molecule has 1 aliphatic heterocycles. The lowest BCUT2D eigenvalue weighted by atomic mass is 9.91. The number of carbonyl (C=O) groups excluding carboxylic acids is 1. The molecule has 0 unspecified atom stereocenters. The Hall–Kier alpha value is -4.79. The average molecular weight is 469 g/mol. The van der Waals surface area contributed by atoms with Gasteiger partial charge in [-0.15, -0.1) is 0 Å². The van der Waals surface area contributed by atoms with Crippen LogP contribution in [0.2, 0.25) is 0 Å². The molecule has 0 saturated carbocycles. The van der Waals surface area contributed by atoms with Crippen LogP contribution in [0.4, 0.5) is 17.3 Å². The Morgan fingerprint density at radius 1 is 0.886 bits per heavy atom. The molecule has 0 fully saturated rings. The van der Waals surface area contributed by atoms with Gasteiger partial charge in [-0.25, -0.2) is 9.97 Å². The number of carbonyl (C=O) groups is 1. The summed E-state index contributed by atoms with van der Waals surface area (Å²) in [6.45, 7) is 0.689. The Labute approximate surface area is 202 Å². The van der Waals surface area contributed by atoms with E-state index in [2.05, 4.69) is 26.1 Å². The van der Waals surface area contributed by atoms with Crippen LogP contribution in [-0.2, 0) is 11.3 Å². The summed E-state index contributed by atoms with van der Waals surface area (Å²) in [7, 11) is 0. The lowest BCUT2D eigenvalue weighted by Crippen LogP contribution is -2.35. The van der Waals surface area contributed by atoms with E-state index in [1.807, 2.05) is 78.9 Å². The maximum absolute atomic E-state index is 13.2. The third-order valence-corrected chi connectivity index (χ3v) is 5.61. The van der Waals surface area contributed by atoms with Crippen LogP contribution in [0, 0.1) is 0 Å². The van der Waals surface area contributed by atoms with Gasteiger partial charge in [0.2, 0.25) is 12.7 Å². The quantitative estimate of drug-likeness (QED) is 0.289. The zero-order valence-electron chi connectivity index (χ0n) is 18.8. The fourth-order valence-corrected chi connectivity index (χ4v) is 3.85. The number of benzene rings is 3. The van der Waals surface area contributed by atoms with Gasteiger partial charge in [0.05, 0.1) is 5.92 Å². The second-order valence-corrected chi connectivity index (χ2v) is 7.89. The minimum atomic E-state index is -0.503.